The number of aromatic nitrogens is 3. The second-order valence-corrected chi connectivity index (χ2v) is 7.98. The van der Waals surface area contributed by atoms with E-state index in [9.17, 15) is 0 Å². The van der Waals surface area contributed by atoms with E-state index in [4.69, 9.17) is 15.0 Å². The highest BCUT2D eigenvalue weighted by Gasteiger charge is 2.52. The van der Waals surface area contributed by atoms with Gasteiger partial charge in [0.05, 0.1) is 16.6 Å². The van der Waals surface area contributed by atoms with E-state index in [1.807, 2.05) is 0 Å². The van der Waals surface area contributed by atoms with Gasteiger partial charge in [0.1, 0.15) is 17.8 Å². The molecular formula is C17H25BN4O2. The van der Waals surface area contributed by atoms with Gasteiger partial charge < -0.3 is 19.6 Å². The summed E-state index contributed by atoms with van der Waals surface area (Å²) in [4.78, 5) is 8.71. The molecule has 2 aromatic heterocycles. The standard InChI is InChI=1S/C17H25BN4O2/c1-16(2)17(3,4)24-18(23-16)12-9-22(11-7-5-6-8-11)15-13(12)14(19)20-10-21-15/h9-11H,5-8H2,1-4H3,(H2,19,20,21). The summed E-state index contributed by atoms with van der Waals surface area (Å²) in [6, 6.07) is 0.470. The maximum absolute atomic E-state index is 6.24. The van der Waals surface area contributed by atoms with Crippen LogP contribution in [-0.2, 0) is 9.31 Å². The van der Waals surface area contributed by atoms with Crippen molar-refractivity contribution in [2.45, 2.75) is 70.6 Å². The highest BCUT2D eigenvalue weighted by atomic mass is 16.7. The van der Waals surface area contributed by atoms with Gasteiger partial charge in [0.2, 0.25) is 0 Å². The van der Waals surface area contributed by atoms with Gasteiger partial charge in [-0.15, -0.1) is 0 Å². The lowest BCUT2D eigenvalue weighted by Crippen LogP contribution is -2.41. The molecule has 0 unspecified atom stereocenters. The van der Waals surface area contributed by atoms with Crippen molar-refractivity contribution < 1.29 is 9.31 Å². The van der Waals surface area contributed by atoms with Crippen molar-refractivity contribution in [3.8, 4) is 0 Å². The molecule has 1 aliphatic carbocycles. The molecule has 1 aliphatic heterocycles. The molecule has 2 aromatic rings. The monoisotopic (exact) mass is 328 g/mol. The first kappa shape index (κ1) is 15.9. The SMILES string of the molecule is CC1(C)OB(c2cn(C3CCCC3)c3ncnc(N)c23)OC1(C)C. The fourth-order valence-electron chi connectivity index (χ4n) is 3.75. The summed E-state index contributed by atoms with van der Waals surface area (Å²) in [5.41, 5.74) is 7.25. The number of anilines is 1. The summed E-state index contributed by atoms with van der Waals surface area (Å²) in [5, 5.41) is 0.864. The number of rotatable bonds is 2. The van der Waals surface area contributed by atoms with Crippen molar-refractivity contribution >= 4 is 29.4 Å². The zero-order valence-corrected chi connectivity index (χ0v) is 14.9. The molecule has 1 saturated carbocycles. The van der Waals surface area contributed by atoms with Crippen LogP contribution in [0.2, 0.25) is 0 Å². The Labute approximate surface area is 142 Å². The Morgan fingerprint density at radius 1 is 1.12 bits per heavy atom. The van der Waals surface area contributed by atoms with Crippen LogP contribution in [0, 0.1) is 0 Å². The number of nitrogens with zero attached hydrogens (tertiary/aromatic N) is 3. The summed E-state index contributed by atoms with van der Waals surface area (Å²) >= 11 is 0. The number of fused-ring (bicyclic) bond motifs is 1. The van der Waals surface area contributed by atoms with E-state index in [1.165, 1.54) is 32.0 Å². The normalized spacial score (nSPS) is 23.4. The maximum Gasteiger partial charge on any atom is 0.497 e. The van der Waals surface area contributed by atoms with E-state index in [-0.39, 0.29) is 11.2 Å². The van der Waals surface area contributed by atoms with Crippen LogP contribution in [0.5, 0.6) is 0 Å². The van der Waals surface area contributed by atoms with E-state index in [0.29, 0.717) is 11.9 Å². The average Bonchev–Trinajstić information content (AvgIpc) is 3.17. The first-order valence-corrected chi connectivity index (χ1v) is 8.77. The predicted octanol–water partition coefficient (Wildman–Crippen LogP) is 2.43. The van der Waals surface area contributed by atoms with Gasteiger partial charge in [-0.2, -0.15) is 0 Å². The molecule has 0 bridgehead atoms. The fraction of sp³-hybridized carbons (Fsp3) is 0.647. The van der Waals surface area contributed by atoms with E-state index >= 15 is 0 Å². The van der Waals surface area contributed by atoms with Crippen LogP contribution in [0.3, 0.4) is 0 Å². The first-order chi connectivity index (χ1) is 11.3. The molecule has 0 radical (unpaired) electrons. The summed E-state index contributed by atoms with van der Waals surface area (Å²) < 4.78 is 14.7. The van der Waals surface area contributed by atoms with Crippen molar-refractivity contribution in [3.05, 3.63) is 12.5 Å². The second-order valence-electron chi connectivity index (χ2n) is 7.98. The van der Waals surface area contributed by atoms with Crippen molar-refractivity contribution in [2.75, 3.05) is 5.73 Å². The molecule has 1 saturated heterocycles. The Morgan fingerprint density at radius 3 is 2.38 bits per heavy atom. The summed E-state index contributed by atoms with van der Waals surface area (Å²) in [5.74, 6) is 0.487. The molecule has 3 heterocycles. The highest BCUT2D eigenvalue weighted by molar-refractivity contribution is 6.65. The molecule has 0 spiro atoms. The Kier molecular flexibility index (Phi) is 3.45. The Hall–Kier alpha value is -1.60. The maximum atomic E-state index is 6.24. The van der Waals surface area contributed by atoms with E-state index in [1.54, 1.807) is 0 Å². The molecule has 6 nitrogen and oxygen atoms in total. The summed E-state index contributed by atoms with van der Waals surface area (Å²) in [7, 11) is -0.451. The molecule has 2 fully saturated rings. The van der Waals surface area contributed by atoms with E-state index < -0.39 is 7.12 Å². The molecule has 128 valence electrons. The fourth-order valence-corrected chi connectivity index (χ4v) is 3.75. The predicted molar refractivity (Wildman–Crippen MR) is 95.2 cm³/mol. The zero-order chi connectivity index (χ0) is 17.1. The lowest BCUT2D eigenvalue weighted by atomic mass is 9.79. The van der Waals surface area contributed by atoms with Crippen LogP contribution in [0.1, 0.15) is 59.4 Å². The minimum atomic E-state index is -0.451. The molecular weight excluding hydrogens is 303 g/mol. The van der Waals surface area contributed by atoms with Crippen LogP contribution < -0.4 is 11.2 Å². The topological polar surface area (TPSA) is 75.2 Å². The minimum Gasteiger partial charge on any atom is -0.399 e. The van der Waals surface area contributed by atoms with Crippen molar-refractivity contribution in [1.82, 2.24) is 14.5 Å². The molecule has 0 atom stereocenters. The van der Waals surface area contributed by atoms with Gasteiger partial charge in [0, 0.05) is 17.7 Å². The van der Waals surface area contributed by atoms with E-state index in [0.717, 1.165) is 16.5 Å². The molecule has 7 heteroatoms. The summed E-state index contributed by atoms with van der Waals surface area (Å²) in [6.45, 7) is 8.23. The second kappa shape index (κ2) is 5.20. The third-order valence-corrected chi connectivity index (χ3v) is 5.89. The Bertz CT molecular complexity index is 764. The van der Waals surface area contributed by atoms with Gasteiger partial charge in [0.25, 0.3) is 0 Å². The Balaban J connectivity index is 1.84. The highest BCUT2D eigenvalue weighted by Crippen LogP contribution is 2.38. The van der Waals surface area contributed by atoms with Crippen molar-refractivity contribution in [3.63, 3.8) is 0 Å². The largest absolute Gasteiger partial charge is 0.497 e. The van der Waals surface area contributed by atoms with Gasteiger partial charge in [-0.3, -0.25) is 0 Å². The van der Waals surface area contributed by atoms with E-state index in [2.05, 4.69) is 48.4 Å². The van der Waals surface area contributed by atoms with Crippen LogP contribution in [0.15, 0.2) is 12.5 Å². The lowest BCUT2D eigenvalue weighted by Gasteiger charge is -2.32. The van der Waals surface area contributed by atoms with Crippen LogP contribution in [0.25, 0.3) is 11.0 Å². The summed E-state index contributed by atoms with van der Waals surface area (Å²) in [6.07, 6.45) is 8.53. The molecule has 2 aliphatic rings. The molecule has 4 rings (SSSR count). The van der Waals surface area contributed by atoms with Crippen LogP contribution in [-0.4, -0.2) is 32.9 Å². The number of hydrogen-bond donors (Lipinski definition) is 1. The first-order valence-electron chi connectivity index (χ1n) is 8.77. The average molecular weight is 328 g/mol. The molecule has 24 heavy (non-hydrogen) atoms. The molecule has 0 aromatic carbocycles. The zero-order valence-electron chi connectivity index (χ0n) is 14.9. The van der Waals surface area contributed by atoms with Gasteiger partial charge in [0.15, 0.2) is 0 Å². The third-order valence-electron chi connectivity index (χ3n) is 5.89. The number of hydrogen-bond acceptors (Lipinski definition) is 5. The van der Waals surface area contributed by atoms with Gasteiger partial charge in [-0.05, 0) is 40.5 Å². The minimum absolute atomic E-state index is 0.385. The quantitative estimate of drug-likeness (QED) is 0.857. The smallest absolute Gasteiger partial charge is 0.399 e. The number of nitrogens with two attached hydrogens (primary N) is 1. The van der Waals surface area contributed by atoms with Gasteiger partial charge >= 0.3 is 7.12 Å². The van der Waals surface area contributed by atoms with Gasteiger partial charge in [-0.1, -0.05) is 12.8 Å². The van der Waals surface area contributed by atoms with Crippen LogP contribution >= 0.6 is 0 Å². The van der Waals surface area contributed by atoms with Crippen LogP contribution in [0.4, 0.5) is 5.82 Å². The Morgan fingerprint density at radius 2 is 1.75 bits per heavy atom. The van der Waals surface area contributed by atoms with Crippen molar-refractivity contribution in [1.29, 1.82) is 0 Å². The number of nitrogen functional groups attached to an aromatic ring is 1. The molecule has 2 N–H and O–H groups in total. The van der Waals surface area contributed by atoms with Crippen molar-refractivity contribution in [2.24, 2.45) is 0 Å². The van der Waals surface area contributed by atoms with Gasteiger partial charge in [-0.25, -0.2) is 9.97 Å². The molecule has 0 amide bonds. The lowest BCUT2D eigenvalue weighted by molar-refractivity contribution is 0.00578. The third kappa shape index (κ3) is 2.25.